The van der Waals surface area contributed by atoms with E-state index in [1.807, 2.05) is 54.3 Å². The molecule has 1 atom stereocenters. The number of fused-ring (bicyclic) bond motifs is 1. The van der Waals surface area contributed by atoms with Gasteiger partial charge in [0.05, 0.1) is 34.5 Å². The van der Waals surface area contributed by atoms with Crippen molar-refractivity contribution in [3.05, 3.63) is 105 Å². The highest BCUT2D eigenvalue weighted by Gasteiger charge is 2.32. The summed E-state index contributed by atoms with van der Waals surface area (Å²) >= 11 is 6.43. The minimum atomic E-state index is -0.416. The smallest absolute Gasteiger partial charge is 0.274 e. The number of nitrogens with zero attached hydrogens (tertiary/aromatic N) is 5. The number of hydrogen-bond acceptors (Lipinski definition) is 5. The van der Waals surface area contributed by atoms with E-state index in [1.54, 1.807) is 47.9 Å². The molecule has 4 aromatic rings. The average Bonchev–Trinajstić information content (AvgIpc) is 3.51. The molecule has 0 radical (unpaired) electrons. The lowest BCUT2D eigenvalue weighted by molar-refractivity contribution is 0.0544. The van der Waals surface area contributed by atoms with Crippen LogP contribution in [0, 0.1) is 6.92 Å². The number of aliphatic hydroxyl groups is 1. The Labute approximate surface area is 294 Å². The Balaban J connectivity index is 1.62. The second-order valence-corrected chi connectivity index (χ2v) is 13.4. The van der Waals surface area contributed by atoms with Crippen LogP contribution in [-0.4, -0.2) is 87.1 Å². The van der Waals surface area contributed by atoms with Crippen molar-refractivity contribution in [2.75, 3.05) is 33.8 Å². The van der Waals surface area contributed by atoms with Crippen molar-refractivity contribution in [2.24, 2.45) is 0 Å². The summed E-state index contributed by atoms with van der Waals surface area (Å²) in [6, 6.07) is 20.1. The molecule has 0 saturated carbocycles. The molecule has 9 nitrogen and oxygen atoms in total. The number of halogens is 1. The average molecular weight is 684 g/mol. The van der Waals surface area contributed by atoms with Gasteiger partial charge in [-0.3, -0.25) is 14.4 Å². The Morgan fingerprint density at radius 1 is 0.878 bits per heavy atom. The Morgan fingerprint density at radius 2 is 1.51 bits per heavy atom. The molecule has 2 heterocycles. The third kappa shape index (κ3) is 7.73. The van der Waals surface area contributed by atoms with Crippen LogP contribution >= 0.6 is 11.6 Å². The Morgan fingerprint density at radius 3 is 2.14 bits per heavy atom. The molecular formula is C39H46ClN5O4. The molecule has 0 spiro atoms. The lowest BCUT2D eigenvalue weighted by atomic mass is 9.93. The first kappa shape index (κ1) is 35.8. The Bertz CT molecular complexity index is 1830. The standard InChI is InChI=1S/C39H46ClN5O4/c1-6-8-18-43(19-9-7-2)39(49)35-20-26(3)45(41-35)36-17-15-29(28-14-16-34(40)32(22-28)37(47)42(4)5)23-33(36)38(48)44-24-30-13-11-10-12-27(30)21-31(44)25-46/h10-17,20,22-23,31,46H,6-9,18-19,21,24-25H2,1-5H3/t31-/m0/s1. The van der Waals surface area contributed by atoms with Gasteiger partial charge >= 0.3 is 0 Å². The summed E-state index contributed by atoms with van der Waals surface area (Å²) in [4.78, 5) is 46.4. The van der Waals surface area contributed by atoms with E-state index in [1.165, 1.54) is 4.90 Å². The highest BCUT2D eigenvalue weighted by Crippen LogP contribution is 2.32. The van der Waals surface area contributed by atoms with Crippen LogP contribution in [-0.2, 0) is 13.0 Å². The molecule has 1 aliphatic rings. The second-order valence-electron chi connectivity index (χ2n) is 13.0. The van der Waals surface area contributed by atoms with Gasteiger partial charge in [-0.2, -0.15) is 5.10 Å². The Kier molecular flexibility index (Phi) is 11.6. The first-order valence-corrected chi connectivity index (χ1v) is 17.5. The van der Waals surface area contributed by atoms with Gasteiger partial charge in [-0.1, -0.05) is 74.7 Å². The molecule has 3 aromatic carbocycles. The maximum absolute atomic E-state index is 14.7. The number of aromatic nitrogens is 2. The number of benzene rings is 3. The molecule has 0 saturated heterocycles. The lowest BCUT2D eigenvalue weighted by Crippen LogP contribution is -2.46. The largest absolute Gasteiger partial charge is 0.394 e. The van der Waals surface area contributed by atoms with Crippen LogP contribution in [0.2, 0.25) is 5.02 Å². The first-order valence-electron chi connectivity index (χ1n) is 17.1. The summed E-state index contributed by atoms with van der Waals surface area (Å²) in [5, 5.41) is 15.6. The van der Waals surface area contributed by atoms with Crippen molar-refractivity contribution in [1.29, 1.82) is 0 Å². The predicted octanol–water partition coefficient (Wildman–Crippen LogP) is 6.80. The van der Waals surface area contributed by atoms with Crippen LogP contribution in [0.5, 0.6) is 0 Å². The van der Waals surface area contributed by atoms with E-state index in [0.717, 1.165) is 36.8 Å². The number of aliphatic hydroxyl groups excluding tert-OH is 1. The van der Waals surface area contributed by atoms with Crippen molar-refractivity contribution < 1.29 is 19.5 Å². The van der Waals surface area contributed by atoms with E-state index >= 15 is 0 Å². The number of carbonyl (C=O) groups excluding carboxylic acids is 3. The molecule has 1 aromatic heterocycles. The van der Waals surface area contributed by atoms with Crippen molar-refractivity contribution in [3.8, 4) is 16.8 Å². The second kappa shape index (κ2) is 15.8. The van der Waals surface area contributed by atoms with Crippen LogP contribution in [0.4, 0.5) is 0 Å². The fourth-order valence-electron chi connectivity index (χ4n) is 6.32. The molecule has 0 bridgehead atoms. The zero-order valence-electron chi connectivity index (χ0n) is 29.1. The van der Waals surface area contributed by atoms with Crippen LogP contribution in [0.25, 0.3) is 16.8 Å². The summed E-state index contributed by atoms with van der Waals surface area (Å²) in [5.41, 5.74) is 5.86. The fourth-order valence-corrected chi connectivity index (χ4v) is 6.52. The Hall–Kier alpha value is -4.47. The molecule has 1 aliphatic heterocycles. The number of carbonyl (C=O) groups is 3. The van der Waals surface area contributed by atoms with Gasteiger partial charge in [-0.05, 0) is 78.8 Å². The third-order valence-electron chi connectivity index (χ3n) is 9.18. The number of unbranched alkanes of at least 4 members (excludes halogenated alkanes) is 2. The third-order valence-corrected chi connectivity index (χ3v) is 9.50. The fraction of sp³-hybridized carbons (Fsp3) is 0.385. The van der Waals surface area contributed by atoms with E-state index in [-0.39, 0.29) is 24.3 Å². The van der Waals surface area contributed by atoms with Gasteiger partial charge in [-0.25, -0.2) is 4.68 Å². The van der Waals surface area contributed by atoms with Gasteiger partial charge in [0.15, 0.2) is 5.69 Å². The normalized spacial score (nSPS) is 14.0. The summed E-state index contributed by atoms with van der Waals surface area (Å²) in [6.07, 6.45) is 4.32. The minimum absolute atomic E-state index is 0.125. The number of amides is 3. The topological polar surface area (TPSA) is 99.0 Å². The zero-order chi connectivity index (χ0) is 35.2. The van der Waals surface area contributed by atoms with E-state index in [9.17, 15) is 19.5 Å². The molecule has 10 heteroatoms. The monoisotopic (exact) mass is 683 g/mol. The van der Waals surface area contributed by atoms with Gasteiger partial charge in [0.1, 0.15) is 0 Å². The molecule has 0 fully saturated rings. The van der Waals surface area contributed by atoms with E-state index in [4.69, 9.17) is 16.7 Å². The summed E-state index contributed by atoms with van der Waals surface area (Å²) < 4.78 is 1.66. The maximum atomic E-state index is 14.7. The lowest BCUT2D eigenvalue weighted by Gasteiger charge is -2.36. The molecule has 49 heavy (non-hydrogen) atoms. The van der Waals surface area contributed by atoms with E-state index in [0.29, 0.717) is 70.4 Å². The van der Waals surface area contributed by atoms with Gasteiger partial charge in [0, 0.05) is 39.4 Å². The minimum Gasteiger partial charge on any atom is -0.394 e. The molecule has 0 unspecified atom stereocenters. The number of rotatable bonds is 12. The number of hydrogen-bond donors (Lipinski definition) is 1. The SMILES string of the molecule is CCCCN(CCCC)C(=O)c1cc(C)n(-c2ccc(-c3ccc(Cl)c(C(=O)N(C)C)c3)cc2C(=O)N2Cc3ccccc3C[C@H]2CO)n1. The van der Waals surface area contributed by atoms with Crippen molar-refractivity contribution >= 4 is 29.3 Å². The molecular weight excluding hydrogens is 638 g/mol. The van der Waals surface area contributed by atoms with Gasteiger partial charge in [0.2, 0.25) is 0 Å². The van der Waals surface area contributed by atoms with Crippen molar-refractivity contribution in [2.45, 2.75) is 65.5 Å². The number of aryl methyl sites for hydroxylation is 1. The van der Waals surface area contributed by atoms with Crippen LogP contribution in [0.15, 0.2) is 66.7 Å². The first-order chi connectivity index (χ1) is 23.6. The molecule has 1 N–H and O–H groups in total. The highest BCUT2D eigenvalue weighted by molar-refractivity contribution is 6.34. The maximum Gasteiger partial charge on any atom is 0.274 e. The van der Waals surface area contributed by atoms with E-state index in [2.05, 4.69) is 13.8 Å². The molecule has 0 aliphatic carbocycles. The van der Waals surface area contributed by atoms with Crippen molar-refractivity contribution in [3.63, 3.8) is 0 Å². The van der Waals surface area contributed by atoms with Gasteiger partial charge in [-0.15, -0.1) is 0 Å². The predicted molar refractivity (Wildman–Crippen MR) is 193 cm³/mol. The van der Waals surface area contributed by atoms with Gasteiger partial charge < -0.3 is 19.8 Å². The zero-order valence-corrected chi connectivity index (χ0v) is 29.8. The quantitative estimate of drug-likeness (QED) is 0.177. The summed E-state index contributed by atoms with van der Waals surface area (Å²) in [5.74, 6) is -0.617. The molecule has 258 valence electrons. The van der Waals surface area contributed by atoms with Crippen molar-refractivity contribution in [1.82, 2.24) is 24.5 Å². The molecule has 3 amide bonds. The highest BCUT2D eigenvalue weighted by atomic mass is 35.5. The van der Waals surface area contributed by atoms with Gasteiger partial charge in [0.25, 0.3) is 17.7 Å². The molecule has 5 rings (SSSR count). The van der Waals surface area contributed by atoms with Crippen LogP contribution in [0.1, 0.15) is 87.6 Å². The van der Waals surface area contributed by atoms with Crippen LogP contribution in [0.3, 0.4) is 0 Å². The summed E-state index contributed by atoms with van der Waals surface area (Å²) in [7, 11) is 3.34. The van der Waals surface area contributed by atoms with E-state index < -0.39 is 6.04 Å². The van der Waals surface area contributed by atoms with Crippen LogP contribution < -0.4 is 0 Å². The summed E-state index contributed by atoms with van der Waals surface area (Å²) in [6.45, 7) is 7.58.